The van der Waals surface area contributed by atoms with Crippen LogP contribution in [0.5, 0.6) is 5.75 Å². The van der Waals surface area contributed by atoms with Gasteiger partial charge in [-0.25, -0.2) is 13.1 Å². The topological polar surface area (TPSA) is 55.4 Å². The van der Waals surface area contributed by atoms with E-state index in [4.69, 9.17) is 4.74 Å². The summed E-state index contributed by atoms with van der Waals surface area (Å²) in [6.45, 7) is 0. The lowest BCUT2D eigenvalue weighted by Gasteiger charge is -2.27. The number of benzene rings is 2. The van der Waals surface area contributed by atoms with Gasteiger partial charge in [-0.2, -0.15) is 0 Å². The molecule has 4 nitrogen and oxygen atoms in total. The van der Waals surface area contributed by atoms with Crippen LogP contribution in [0.3, 0.4) is 0 Å². The number of methoxy groups -OCH3 is 1. The minimum absolute atomic E-state index is 0.175. The Morgan fingerprint density at radius 1 is 0.962 bits per heavy atom. The number of rotatable bonds is 4. The zero-order valence-electron chi connectivity index (χ0n) is 15.1. The van der Waals surface area contributed by atoms with Crippen LogP contribution >= 0.6 is 0 Å². The molecular weight excluding hydrogens is 346 g/mol. The first-order valence-electron chi connectivity index (χ1n) is 9.38. The fourth-order valence-corrected chi connectivity index (χ4v) is 5.69. The maximum Gasteiger partial charge on any atom is 0.244 e. The smallest absolute Gasteiger partial charge is 0.244 e. The zero-order valence-corrected chi connectivity index (χ0v) is 15.9. The van der Waals surface area contributed by atoms with Gasteiger partial charge in [0.05, 0.1) is 7.11 Å². The molecule has 1 N–H and O–H groups in total. The fourth-order valence-electron chi connectivity index (χ4n) is 4.24. The molecule has 2 aliphatic carbocycles. The first-order valence-corrected chi connectivity index (χ1v) is 10.9. The Balaban J connectivity index is 1.70. The highest BCUT2D eigenvalue weighted by Crippen LogP contribution is 2.35. The van der Waals surface area contributed by atoms with Crippen LogP contribution in [0.1, 0.15) is 54.0 Å². The van der Waals surface area contributed by atoms with Gasteiger partial charge in [-0.05, 0) is 79.3 Å². The standard InChI is InChI=1S/C21H25NO3S/c1-25-20-13-16-8-2-3-9-17(16)14-21(20)26(23,24)22-19-12-6-10-15-7-4-5-11-18(15)19/h4-5,7,11,13-14,19,22H,2-3,6,8-10,12H2,1H3/t19-/m0/s1. The van der Waals surface area contributed by atoms with Crippen molar-refractivity contribution in [3.63, 3.8) is 0 Å². The van der Waals surface area contributed by atoms with E-state index in [0.29, 0.717) is 5.75 Å². The summed E-state index contributed by atoms with van der Waals surface area (Å²) in [6, 6.07) is 11.7. The Morgan fingerprint density at radius 3 is 2.42 bits per heavy atom. The van der Waals surface area contributed by atoms with Crippen molar-refractivity contribution >= 4 is 10.0 Å². The summed E-state index contributed by atoms with van der Waals surface area (Å²) < 4.78 is 34.7. The van der Waals surface area contributed by atoms with E-state index < -0.39 is 10.0 Å². The van der Waals surface area contributed by atoms with Crippen molar-refractivity contribution in [3.8, 4) is 5.75 Å². The van der Waals surface area contributed by atoms with Gasteiger partial charge in [0.25, 0.3) is 0 Å². The molecule has 0 radical (unpaired) electrons. The van der Waals surface area contributed by atoms with Gasteiger partial charge in [0.2, 0.25) is 10.0 Å². The van der Waals surface area contributed by atoms with Gasteiger partial charge in [0.15, 0.2) is 0 Å². The van der Waals surface area contributed by atoms with E-state index in [2.05, 4.69) is 10.8 Å². The lowest BCUT2D eigenvalue weighted by Crippen LogP contribution is -2.31. The molecule has 138 valence electrons. The van der Waals surface area contributed by atoms with E-state index in [1.165, 1.54) is 11.1 Å². The minimum atomic E-state index is -3.65. The average Bonchev–Trinajstić information content (AvgIpc) is 2.67. The lowest BCUT2D eigenvalue weighted by atomic mass is 9.88. The van der Waals surface area contributed by atoms with Crippen LogP contribution in [0.15, 0.2) is 41.3 Å². The van der Waals surface area contributed by atoms with E-state index in [1.54, 1.807) is 7.11 Å². The molecular formula is C21H25NO3S. The fraction of sp³-hybridized carbons (Fsp3) is 0.429. The molecule has 5 heteroatoms. The normalized spacial score (nSPS) is 19.5. The van der Waals surface area contributed by atoms with Gasteiger partial charge in [-0.3, -0.25) is 0 Å². The number of hydrogen-bond acceptors (Lipinski definition) is 3. The van der Waals surface area contributed by atoms with Gasteiger partial charge in [0, 0.05) is 6.04 Å². The third-order valence-corrected chi connectivity index (χ3v) is 7.08. The number of aryl methyl sites for hydroxylation is 3. The summed E-state index contributed by atoms with van der Waals surface area (Å²) in [4.78, 5) is 0.267. The lowest BCUT2D eigenvalue weighted by molar-refractivity contribution is 0.400. The predicted octanol–water partition coefficient (Wildman–Crippen LogP) is 3.93. The van der Waals surface area contributed by atoms with Gasteiger partial charge in [-0.15, -0.1) is 0 Å². The van der Waals surface area contributed by atoms with Crippen molar-refractivity contribution in [3.05, 3.63) is 58.7 Å². The van der Waals surface area contributed by atoms with E-state index in [-0.39, 0.29) is 10.9 Å². The van der Waals surface area contributed by atoms with Crippen molar-refractivity contribution < 1.29 is 13.2 Å². The maximum absolute atomic E-state index is 13.2. The molecule has 1 atom stereocenters. The summed E-state index contributed by atoms with van der Waals surface area (Å²) in [5, 5.41) is 0. The predicted molar refractivity (Wildman–Crippen MR) is 102 cm³/mol. The molecule has 0 bridgehead atoms. The third kappa shape index (κ3) is 3.26. The Bertz CT molecular complexity index is 921. The van der Waals surface area contributed by atoms with Crippen molar-refractivity contribution in [2.24, 2.45) is 0 Å². The van der Waals surface area contributed by atoms with Crippen molar-refractivity contribution in [2.45, 2.75) is 55.9 Å². The monoisotopic (exact) mass is 371 g/mol. The number of fused-ring (bicyclic) bond motifs is 2. The number of nitrogens with one attached hydrogen (secondary N) is 1. The Kier molecular flexibility index (Phi) is 4.76. The quantitative estimate of drug-likeness (QED) is 0.886. The molecule has 2 aromatic rings. The summed E-state index contributed by atoms with van der Waals surface area (Å²) in [7, 11) is -2.11. The van der Waals surface area contributed by atoms with Crippen LogP contribution in [-0.2, 0) is 29.3 Å². The molecule has 0 spiro atoms. The molecule has 0 saturated heterocycles. The van der Waals surface area contributed by atoms with Crippen LogP contribution in [0, 0.1) is 0 Å². The first kappa shape index (κ1) is 17.6. The van der Waals surface area contributed by atoms with E-state index in [1.807, 2.05) is 30.3 Å². The third-order valence-electron chi connectivity index (χ3n) is 5.58. The molecule has 0 fully saturated rings. The summed E-state index contributed by atoms with van der Waals surface area (Å²) >= 11 is 0. The van der Waals surface area contributed by atoms with Gasteiger partial charge in [0.1, 0.15) is 10.6 Å². The molecule has 2 aliphatic rings. The molecule has 26 heavy (non-hydrogen) atoms. The highest BCUT2D eigenvalue weighted by molar-refractivity contribution is 7.89. The van der Waals surface area contributed by atoms with Crippen LogP contribution in [0.2, 0.25) is 0 Å². The molecule has 0 unspecified atom stereocenters. The number of hydrogen-bond donors (Lipinski definition) is 1. The Morgan fingerprint density at radius 2 is 1.65 bits per heavy atom. The van der Waals surface area contributed by atoms with Gasteiger partial charge < -0.3 is 4.74 Å². The first-order chi connectivity index (χ1) is 12.6. The number of sulfonamides is 1. The second kappa shape index (κ2) is 7.05. The van der Waals surface area contributed by atoms with E-state index in [9.17, 15) is 8.42 Å². The second-order valence-electron chi connectivity index (χ2n) is 7.24. The molecule has 4 rings (SSSR count). The van der Waals surface area contributed by atoms with Gasteiger partial charge in [-0.1, -0.05) is 24.3 Å². The summed E-state index contributed by atoms with van der Waals surface area (Å²) in [6.07, 6.45) is 7.02. The zero-order chi connectivity index (χ0) is 18.1. The maximum atomic E-state index is 13.2. The van der Waals surface area contributed by atoms with Crippen molar-refractivity contribution in [1.29, 1.82) is 0 Å². The minimum Gasteiger partial charge on any atom is -0.495 e. The van der Waals surface area contributed by atoms with E-state index >= 15 is 0 Å². The highest BCUT2D eigenvalue weighted by atomic mass is 32.2. The SMILES string of the molecule is COc1cc2c(cc1S(=O)(=O)N[C@H]1CCCc3ccccc31)CCCC2. The summed E-state index contributed by atoms with van der Waals surface area (Å²) in [5.41, 5.74) is 4.69. The summed E-state index contributed by atoms with van der Waals surface area (Å²) in [5.74, 6) is 0.447. The van der Waals surface area contributed by atoms with Gasteiger partial charge >= 0.3 is 0 Å². The highest BCUT2D eigenvalue weighted by Gasteiger charge is 2.28. The molecule has 2 aromatic carbocycles. The largest absolute Gasteiger partial charge is 0.495 e. The molecule has 0 aliphatic heterocycles. The van der Waals surface area contributed by atoms with Crippen molar-refractivity contribution in [2.75, 3.05) is 7.11 Å². The number of ether oxygens (including phenoxy) is 1. The van der Waals surface area contributed by atoms with Crippen LogP contribution in [0.4, 0.5) is 0 Å². The average molecular weight is 372 g/mol. The molecule has 0 amide bonds. The Hall–Kier alpha value is -1.85. The van der Waals surface area contributed by atoms with Crippen LogP contribution < -0.4 is 9.46 Å². The molecule has 0 aromatic heterocycles. The van der Waals surface area contributed by atoms with Crippen LogP contribution in [-0.4, -0.2) is 15.5 Å². The Labute approximate surface area is 155 Å². The van der Waals surface area contributed by atoms with Crippen molar-refractivity contribution in [1.82, 2.24) is 4.72 Å². The van der Waals surface area contributed by atoms with Crippen LogP contribution in [0.25, 0.3) is 0 Å². The second-order valence-corrected chi connectivity index (χ2v) is 8.93. The molecule has 0 saturated carbocycles. The molecule has 0 heterocycles. The van der Waals surface area contributed by atoms with E-state index in [0.717, 1.165) is 56.1 Å².